The van der Waals surface area contributed by atoms with Crippen LogP contribution < -0.4 is 5.73 Å². The molecular weight excluding hydrogens is 465 g/mol. The van der Waals surface area contributed by atoms with Crippen LogP contribution >= 0.6 is 0 Å². The molecular formula is C30H32FN5O. The summed E-state index contributed by atoms with van der Waals surface area (Å²) in [5.41, 5.74) is 9.53. The Labute approximate surface area is 217 Å². The van der Waals surface area contributed by atoms with Gasteiger partial charge in [0.15, 0.2) is 0 Å². The van der Waals surface area contributed by atoms with Gasteiger partial charge in [-0.25, -0.2) is 9.37 Å². The van der Waals surface area contributed by atoms with Crippen LogP contribution in [0.15, 0.2) is 48.8 Å². The van der Waals surface area contributed by atoms with Crippen molar-refractivity contribution in [2.75, 3.05) is 31.9 Å². The second-order valence-corrected chi connectivity index (χ2v) is 9.72. The maximum absolute atomic E-state index is 15.3. The molecule has 0 spiro atoms. The third kappa shape index (κ3) is 5.50. The summed E-state index contributed by atoms with van der Waals surface area (Å²) < 4.78 is 15.3. The highest BCUT2D eigenvalue weighted by atomic mass is 19.1. The first-order valence-electron chi connectivity index (χ1n) is 13.1. The number of nitrogen functional groups attached to an aromatic ring is 1. The lowest BCUT2D eigenvalue weighted by Gasteiger charge is -2.38. The van der Waals surface area contributed by atoms with E-state index < -0.39 is 5.82 Å². The number of anilines is 1. The van der Waals surface area contributed by atoms with Crippen molar-refractivity contribution in [1.82, 2.24) is 19.8 Å². The van der Waals surface area contributed by atoms with Crippen molar-refractivity contribution in [1.29, 1.82) is 0 Å². The Morgan fingerprint density at radius 2 is 1.84 bits per heavy atom. The predicted molar refractivity (Wildman–Crippen MR) is 143 cm³/mol. The van der Waals surface area contributed by atoms with Crippen LogP contribution in [0.1, 0.15) is 59.8 Å². The maximum atomic E-state index is 15.3. The molecule has 1 saturated carbocycles. The molecule has 2 aromatic heterocycles. The van der Waals surface area contributed by atoms with Crippen LogP contribution in [0.2, 0.25) is 0 Å². The second kappa shape index (κ2) is 11.1. The number of halogens is 1. The van der Waals surface area contributed by atoms with Gasteiger partial charge >= 0.3 is 0 Å². The number of pyridine rings is 2. The fourth-order valence-corrected chi connectivity index (χ4v) is 5.35. The Morgan fingerprint density at radius 3 is 2.51 bits per heavy atom. The molecule has 190 valence electrons. The molecule has 1 aromatic carbocycles. The van der Waals surface area contributed by atoms with E-state index in [0.29, 0.717) is 36.9 Å². The van der Waals surface area contributed by atoms with Gasteiger partial charge in [0.1, 0.15) is 11.6 Å². The zero-order valence-corrected chi connectivity index (χ0v) is 21.2. The fourth-order valence-electron chi connectivity index (χ4n) is 5.35. The van der Waals surface area contributed by atoms with E-state index in [2.05, 4.69) is 26.7 Å². The van der Waals surface area contributed by atoms with E-state index in [1.54, 1.807) is 35.5 Å². The van der Waals surface area contributed by atoms with Crippen molar-refractivity contribution in [3.8, 4) is 23.0 Å². The Bertz CT molecular complexity index is 1330. The fraction of sp³-hybridized carbons (Fsp3) is 0.367. The van der Waals surface area contributed by atoms with Crippen molar-refractivity contribution >= 4 is 11.7 Å². The second-order valence-electron chi connectivity index (χ2n) is 9.72. The number of hydrogen-bond donors (Lipinski definition) is 1. The van der Waals surface area contributed by atoms with E-state index >= 15 is 4.39 Å². The largest absolute Gasteiger partial charge is 0.384 e. The minimum absolute atomic E-state index is 0.114. The van der Waals surface area contributed by atoms with Crippen molar-refractivity contribution in [2.24, 2.45) is 0 Å². The number of nitrogens with zero attached hydrogens (tertiary/aromatic N) is 4. The van der Waals surface area contributed by atoms with Gasteiger partial charge in [-0.05, 0) is 55.2 Å². The van der Waals surface area contributed by atoms with Crippen molar-refractivity contribution in [2.45, 2.75) is 45.1 Å². The molecule has 2 aliphatic rings. The molecule has 1 aliphatic carbocycles. The number of aromatic nitrogens is 2. The van der Waals surface area contributed by atoms with Gasteiger partial charge in [0.2, 0.25) is 0 Å². The lowest BCUT2D eigenvalue weighted by molar-refractivity contribution is 0.0569. The molecule has 0 unspecified atom stereocenters. The molecule has 2 fully saturated rings. The van der Waals surface area contributed by atoms with Crippen LogP contribution in [0.5, 0.6) is 0 Å². The molecule has 2 N–H and O–H groups in total. The van der Waals surface area contributed by atoms with Crippen molar-refractivity contribution in [3.63, 3.8) is 0 Å². The molecule has 1 aliphatic heterocycles. The van der Waals surface area contributed by atoms with Gasteiger partial charge in [-0.2, -0.15) is 0 Å². The summed E-state index contributed by atoms with van der Waals surface area (Å²) in [6.07, 6.45) is 9.12. The first-order valence-corrected chi connectivity index (χ1v) is 13.1. The summed E-state index contributed by atoms with van der Waals surface area (Å²) in [4.78, 5) is 26.0. The van der Waals surface area contributed by atoms with Crippen LogP contribution in [0, 0.1) is 17.7 Å². The van der Waals surface area contributed by atoms with Gasteiger partial charge in [0, 0.05) is 55.7 Å². The van der Waals surface area contributed by atoms with Gasteiger partial charge in [-0.3, -0.25) is 14.7 Å². The number of rotatable bonds is 4. The van der Waals surface area contributed by atoms with Gasteiger partial charge in [0.05, 0.1) is 16.8 Å². The lowest BCUT2D eigenvalue weighted by Crippen LogP contribution is -2.51. The topological polar surface area (TPSA) is 75.4 Å². The number of amides is 1. The third-order valence-corrected chi connectivity index (χ3v) is 7.44. The van der Waals surface area contributed by atoms with Gasteiger partial charge < -0.3 is 10.6 Å². The summed E-state index contributed by atoms with van der Waals surface area (Å²) >= 11 is 0. The molecule has 7 heteroatoms. The van der Waals surface area contributed by atoms with Gasteiger partial charge in [-0.15, -0.1) is 0 Å². The molecule has 5 rings (SSSR count). The van der Waals surface area contributed by atoms with Crippen LogP contribution in [0.25, 0.3) is 11.1 Å². The Kier molecular flexibility index (Phi) is 7.47. The zero-order chi connectivity index (χ0) is 25.8. The molecule has 0 bridgehead atoms. The minimum Gasteiger partial charge on any atom is -0.384 e. The number of nitrogens with two attached hydrogens (primary N) is 1. The number of piperazine rings is 1. The van der Waals surface area contributed by atoms with Crippen LogP contribution in [-0.2, 0) is 6.42 Å². The summed E-state index contributed by atoms with van der Waals surface area (Å²) in [6, 6.07) is 10.8. The zero-order valence-electron chi connectivity index (χ0n) is 21.2. The molecule has 3 aromatic rings. The Balaban J connectivity index is 1.37. The quantitative estimate of drug-likeness (QED) is 0.536. The molecule has 1 saturated heterocycles. The SMILES string of the molecule is CCc1nccc(-c2ccc(C(=O)N3CCN(C4CCCC4)CC3)c(F)c2)c1C#Cc1ccc(N)nc1. The highest BCUT2D eigenvalue weighted by Gasteiger charge is 2.29. The Hall–Kier alpha value is -3.76. The highest BCUT2D eigenvalue weighted by molar-refractivity contribution is 5.95. The number of aryl methyl sites for hydroxylation is 1. The lowest BCUT2D eigenvalue weighted by atomic mass is 9.96. The van der Waals surface area contributed by atoms with Crippen molar-refractivity contribution in [3.05, 3.63) is 77.0 Å². The smallest absolute Gasteiger partial charge is 0.256 e. The molecule has 0 atom stereocenters. The van der Waals surface area contributed by atoms with Crippen LogP contribution in [-0.4, -0.2) is 57.9 Å². The van der Waals surface area contributed by atoms with E-state index in [4.69, 9.17) is 5.73 Å². The van der Waals surface area contributed by atoms with Gasteiger partial charge in [-0.1, -0.05) is 37.7 Å². The number of carbonyl (C=O) groups is 1. The highest BCUT2D eigenvalue weighted by Crippen LogP contribution is 2.28. The van der Waals surface area contributed by atoms with Gasteiger partial charge in [0.25, 0.3) is 5.91 Å². The molecule has 1 amide bonds. The predicted octanol–water partition coefficient (Wildman–Crippen LogP) is 4.53. The first-order chi connectivity index (χ1) is 18.0. The number of benzene rings is 1. The van der Waals surface area contributed by atoms with Crippen LogP contribution in [0.4, 0.5) is 10.2 Å². The van der Waals surface area contributed by atoms with E-state index in [0.717, 1.165) is 35.5 Å². The molecule has 3 heterocycles. The third-order valence-electron chi connectivity index (χ3n) is 7.44. The number of carbonyl (C=O) groups excluding carboxylic acids is 1. The van der Waals surface area contributed by atoms with E-state index in [9.17, 15) is 4.79 Å². The maximum Gasteiger partial charge on any atom is 0.256 e. The van der Waals surface area contributed by atoms with E-state index in [1.165, 1.54) is 31.7 Å². The summed E-state index contributed by atoms with van der Waals surface area (Å²) in [5, 5.41) is 0. The minimum atomic E-state index is -0.516. The Morgan fingerprint density at radius 1 is 1.05 bits per heavy atom. The summed E-state index contributed by atoms with van der Waals surface area (Å²) in [7, 11) is 0. The summed E-state index contributed by atoms with van der Waals surface area (Å²) in [6.45, 7) is 5.01. The molecule has 6 nitrogen and oxygen atoms in total. The average molecular weight is 498 g/mol. The van der Waals surface area contributed by atoms with Crippen LogP contribution in [0.3, 0.4) is 0 Å². The number of hydrogen-bond acceptors (Lipinski definition) is 5. The van der Waals surface area contributed by atoms with E-state index in [-0.39, 0.29) is 11.5 Å². The monoisotopic (exact) mass is 497 g/mol. The van der Waals surface area contributed by atoms with Crippen molar-refractivity contribution < 1.29 is 9.18 Å². The normalized spacial score (nSPS) is 16.4. The molecule has 37 heavy (non-hydrogen) atoms. The van der Waals surface area contributed by atoms with E-state index in [1.807, 2.05) is 19.1 Å². The molecule has 0 radical (unpaired) electrons. The standard InChI is InChI=1S/C30H32FN5O/c1-2-28-25(10-7-21-8-12-29(32)34-20-21)24(13-14-33-28)22-9-11-26(27(31)19-22)30(37)36-17-15-35(16-18-36)23-5-3-4-6-23/h8-9,11-14,19-20,23H,2-6,15-18H2,1H3,(H2,32,34). The first kappa shape index (κ1) is 24.9. The average Bonchev–Trinajstić information content (AvgIpc) is 3.47. The summed E-state index contributed by atoms with van der Waals surface area (Å²) in [5.74, 6) is 6.00.